The van der Waals surface area contributed by atoms with Gasteiger partial charge in [-0.05, 0) is 17.7 Å². The molecule has 0 heterocycles. The molecule has 0 spiro atoms. The van der Waals surface area contributed by atoms with Gasteiger partial charge < -0.3 is 5.11 Å². The van der Waals surface area contributed by atoms with Crippen molar-refractivity contribution in [2.24, 2.45) is 5.14 Å². The van der Waals surface area contributed by atoms with E-state index in [9.17, 15) is 13.5 Å². The predicted molar refractivity (Wildman–Crippen MR) is 59.1 cm³/mol. The monoisotopic (exact) mass is 229 g/mol. The summed E-state index contributed by atoms with van der Waals surface area (Å²) in [7, 11) is -3.52. The minimum absolute atomic E-state index is 0.120. The van der Waals surface area contributed by atoms with E-state index in [0.717, 1.165) is 5.56 Å². The first-order valence-electron chi connectivity index (χ1n) is 4.51. The Balaban J connectivity index is 3.06. The van der Waals surface area contributed by atoms with Crippen LogP contribution in [0.15, 0.2) is 24.3 Å². The highest BCUT2D eigenvalue weighted by Gasteiger charge is 2.26. The highest BCUT2D eigenvalue weighted by atomic mass is 32.2. The first-order chi connectivity index (χ1) is 6.71. The van der Waals surface area contributed by atoms with E-state index in [4.69, 9.17) is 5.14 Å². The van der Waals surface area contributed by atoms with Gasteiger partial charge in [0.1, 0.15) is 5.75 Å². The van der Waals surface area contributed by atoms with Gasteiger partial charge in [0.15, 0.2) is 0 Å². The van der Waals surface area contributed by atoms with Crippen molar-refractivity contribution in [2.75, 3.05) is 5.75 Å². The molecular formula is C10H15NO3S. The Morgan fingerprint density at radius 2 is 2.00 bits per heavy atom. The van der Waals surface area contributed by atoms with Crippen molar-refractivity contribution in [3.63, 3.8) is 0 Å². The Morgan fingerprint density at radius 3 is 2.47 bits per heavy atom. The molecule has 0 amide bonds. The number of phenols is 1. The van der Waals surface area contributed by atoms with Crippen LogP contribution in [0.4, 0.5) is 0 Å². The van der Waals surface area contributed by atoms with E-state index in [1.807, 2.05) is 0 Å². The molecule has 0 saturated heterocycles. The molecule has 5 heteroatoms. The average molecular weight is 229 g/mol. The third-order valence-corrected chi connectivity index (χ3v) is 3.31. The number of benzene rings is 1. The van der Waals surface area contributed by atoms with Crippen molar-refractivity contribution >= 4 is 10.0 Å². The van der Waals surface area contributed by atoms with Gasteiger partial charge in [-0.15, -0.1) is 0 Å². The van der Waals surface area contributed by atoms with E-state index in [2.05, 4.69) is 0 Å². The maximum atomic E-state index is 11.0. The van der Waals surface area contributed by atoms with Crippen LogP contribution in [0.3, 0.4) is 0 Å². The number of nitrogens with two attached hydrogens (primary N) is 1. The van der Waals surface area contributed by atoms with Crippen molar-refractivity contribution in [1.29, 1.82) is 0 Å². The van der Waals surface area contributed by atoms with Gasteiger partial charge in [0.05, 0.1) is 5.75 Å². The highest BCUT2D eigenvalue weighted by molar-refractivity contribution is 7.89. The van der Waals surface area contributed by atoms with Crippen LogP contribution in [0.25, 0.3) is 0 Å². The fraction of sp³-hybridized carbons (Fsp3) is 0.400. The predicted octanol–water partition coefficient (Wildman–Crippen LogP) is 0.958. The second-order valence-corrected chi connectivity index (χ2v) is 5.86. The molecule has 1 aromatic carbocycles. The Labute approximate surface area is 89.8 Å². The summed E-state index contributed by atoms with van der Waals surface area (Å²) in [5, 5.41) is 14.3. The van der Waals surface area contributed by atoms with Gasteiger partial charge >= 0.3 is 0 Å². The number of hydrogen-bond acceptors (Lipinski definition) is 3. The Hall–Kier alpha value is -1.07. The molecule has 1 aromatic rings. The number of hydrogen-bond donors (Lipinski definition) is 2. The van der Waals surface area contributed by atoms with E-state index < -0.39 is 15.4 Å². The van der Waals surface area contributed by atoms with E-state index in [1.54, 1.807) is 32.0 Å². The molecule has 0 fully saturated rings. The minimum atomic E-state index is -3.52. The Bertz CT molecular complexity index is 451. The summed E-state index contributed by atoms with van der Waals surface area (Å²) in [5.41, 5.74) is 0.142. The standard InChI is InChI=1S/C10H15NO3S/c1-10(2,7-15(11,13)14)8-4-3-5-9(12)6-8/h3-6,12H,7H2,1-2H3,(H2,11,13,14). The molecule has 84 valence electrons. The molecule has 4 nitrogen and oxygen atoms in total. The van der Waals surface area contributed by atoms with Gasteiger partial charge in [-0.25, -0.2) is 13.6 Å². The quantitative estimate of drug-likeness (QED) is 0.810. The van der Waals surface area contributed by atoms with E-state index in [-0.39, 0.29) is 11.5 Å². The first-order valence-corrected chi connectivity index (χ1v) is 6.22. The van der Waals surface area contributed by atoms with Gasteiger partial charge in [-0.2, -0.15) is 0 Å². The number of primary sulfonamides is 1. The molecule has 1 rings (SSSR count). The van der Waals surface area contributed by atoms with Crippen LogP contribution in [0.1, 0.15) is 19.4 Å². The number of phenolic OH excluding ortho intramolecular Hbond substituents is 1. The largest absolute Gasteiger partial charge is 0.508 e. The van der Waals surface area contributed by atoms with Gasteiger partial charge in [0, 0.05) is 5.41 Å². The molecular weight excluding hydrogens is 214 g/mol. The lowest BCUT2D eigenvalue weighted by Crippen LogP contribution is -2.32. The first kappa shape index (κ1) is 12.0. The van der Waals surface area contributed by atoms with Gasteiger partial charge in [-0.1, -0.05) is 26.0 Å². The topological polar surface area (TPSA) is 80.4 Å². The molecule has 0 aromatic heterocycles. The van der Waals surface area contributed by atoms with Crippen LogP contribution in [0, 0.1) is 0 Å². The third kappa shape index (κ3) is 3.53. The molecule has 0 aliphatic carbocycles. The van der Waals surface area contributed by atoms with Gasteiger partial charge in [0.2, 0.25) is 10.0 Å². The smallest absolute Gasteiger partial charge is 0.209 e. The summed E-state index contributed by atoms with van der Waals surface area (Å²) in [4.78, 5) is 0. The summed E-state index contributed by atoms with van der Waals surface area (Å²) >= 11 is 0. The van der Waals surface area contributed by atoms with Crippen LogP contribution >= 0.6 is 0 Å². The number of sulfonamides is 1. The Kier molecular flexibility index (Phi) is 3.06. The van der Waals surface area contributed by atoms with Crippen LogP contribution in [-0.4, -0.2) is 19.3 Å². The molecule has 0 aliphatic rings. The van der Waals surface area contributed by atoms with Crippen molar-refractivity contribution in [2.45, 2.75) is 19.3 Å². The molecule has 0 saturated carbocycles. The van der Waals surface area contributed by atoms with Gasteiger partial charge in [0.25, 0.3) is 0 Å². The van der Waals surface area contributed by atoms with Crippen LogP contribution < -0.4 is 5.14 Å². The van der Waals surface area contributed by atoms with Crippen molar-refractivity contribution in [3.05, 3.63) is 29.8 Å². The zero-order chi connectivity index (χ0) is 11.7. The summed E-state index contributed by atoms with van der Waals surface area (Å²) in [6.45, 7) is 3.54. The fourth-order valence-corrected chi connectivity index (χ4v) is 2.69. The summed E-state index contributed by atoms with van der Waals surface area (Å²) in [5.74, 6) is -0.0290. The lowest BCUT2D eigenvalue weighted by Gasteiger charge is -2.23. The SMILES string of the molecule is CC(C)(CS(N)(=O)=O)c1cccc(O)c1. The summed E-state index contributed by atoms with van der Waals surface area (Å²) < 4.78 is 22.0. The van der Waals surface area contributed by atoms with Crippen LogP contribution in [0.5, 0.6) is 5.75 Å². The maximum absolute atomic E-state index is 11.0. The second kappa shape index (κ2) is 3.83. The second-order valence-electron chi connectivity index (χ2n) is 4.24. The van der Waals surface area contributed by atoms with Crippen LogP contribution in [-0.2, 0) is 15.4 Å². The zero-order valence-electron chi connectivity index (χ0n) is 8.77. The highest BCUT2D eigenvalue weighted by Crippen LogP contribution is 2.26. The molecule has 0 bridgehead atoms. The minimum Gasteiger partial charge on any atom is -0.508 e. The molecule has 15 heavy (non-hydrogen) atoms. The summed E-state index contributed by atoms with van der Waals surface area (Å²) in [6.07, 6.45) is 0. The van der Waals surface area contributed by atoms with E-state index in [0.29, 0.717) is 0 Å². The van der Waals surface area contributed by atoms with Crippen molar-refractivity contribution < 1.29 is 13.5 Å². The summed E-state index contributed by atoms with van der Waals surface area (Å²) in [6, 6.07) is 6.53. The molecule has 0 radical (unpaired) electrons. The molecule has 0 unspecified atom stereocenters. The maximum Gasteiger partial charge on any atom is 0.209 e. The number of rotatable bonds is 3. The van der Waals surface area contributed by atoms with E-state index >= 15 is 0 Å². The van der Waals surface area contributed by atoms with Crippen LogP contribution in [0.2, 0.25) is 0 Å². The molecule has 3 N–H and O–H groups in total. The van der Waals surface area contributed by atoms with E-state index in [1.165, 1.54) is 6.07 Å². The Morgan fingerprint density at radius 1 is 1.40 bits per heavy atom. The fourth-order valence-electron chi connectivity index (χ4n) is 1.51. The average Bonchev–Trinajstić information content (AvgIpc) is 1.99. The van der Waals surface area contributed by atoms with Crippen molar-refractivity contribution in [3.8, 4) is 5.75 Å². The van der Waals surface area contributed by atoms with Gasteiger partial charge in [-0.3, -0.25) is 0 Å². The number of aromatic hydroxyl groups is 1. The molecule has 0 aliphatic heterocycles. The molecule has 0 atom stereocenters. The lowest BCUT2D eigenvalue weighted by molar-refractivity contribution is 0.470. The third-order valence-electron chi connectivity index (χ3n) is 2.19. The lowest BCUT2D eigenvalue weighted by atomic mass is 9.87. The zero-order valence-corrected chi connectivity index (χ0v) is 9.58. The normalized spacial score (nSPS) is 12.7. The van der Waals surface area contributed by atoms with Crippen molar-refractivity contribution in [1.82, 2.24) is 0 Å².